The third-order valence-corrected chi connectivity index (χ3v) is 6.28. The summed E-state index contributed by atoms with van der Waals surface area (Å²) in [6.07, 6.45) is 0. The van der Waals surface area contributed by atoms with Gasteiger partial charge in [-0.25, -0.2) is 10.4 Å². The number of carbonyl (C=O) groups is 2. The number of benzene rings is 1. The minimum Gasteiger partial charge on any atom is -0.506 e. The lowest BCUT2D eigenvalue weighted by Crippen LogP contribution is -2.35. The number of rotatable bonds is 6. The average Bonchev–Trinajstić information content (AvgIpc) is 3.32. The fourth-order valence-electron chi connectivity index (χ4n) is 2.53. The monoisotopic (exact) mass is 462 g/mol. The van der Waals surface area contributed by atoms with Gasteiger partial charge in [-0.15, -0.1) is 22.7 Å². The Hall–Kier alpha value is -2.72. The van der Waals surface area contributed by atoms with E-state index in [0.717, 1.165) is 16.9 Å². The third kappa shape index (κ3) is 5.06. The maximum atomic E-state index is 12.4. The van der Waals surface area contributed by atoms with Crippen LogP contribution < -0.4 is 10.9 Å². The molecule has 0 saturated heterocycles. The van der Waals surface area contributed by atoms with Crippen molar-refractivity contribution in [2.45, 2.75) is 6.92 Å². The SMILES string of the molecule is C/C(=N\NC(=O)c1ccc(C(=O)NN(C)C)s1)c1csc(-c2cccc(Cl)c2)c1O. The lowest BCUT2D eigenvalue weighted by atomic mass is 10.1. The van der Waals surface area contributed by atoms with Gasteiger partial charge in [0.15, 0.2) is 0 Å². The van der Waals surface area contributed by atoms with Gasteiger partial charge in [0.2, 0.25) is 0 Å². The Morgan fingerprint density at radius 3 is 2.50 bits per heavy atom. The molecule has 0 saturated carbocycles. The zero-order valence-corrected chi connectivity index (χ0v) is 18.8. The molecule has 10 heteroatoms. The van der Waals surface area contributed by atoms with E-state index in [1.54, 1.807) is 50.7 Å². The summed E-state index contributed by atoms with van der Waals surface area (Å²) in [5, 5.41) is 18.6. The maximum Gasteiger partial charge on any atom is 0.281 e. The van der Waals surface area contributed by atoms with Gasteiger partial charge in [0, 0.05) is 24.5 Å². The molecule has 0 radical (unpaired) electrons. The summed E-state index contributed by atoms with van der Waals surface area (Å²) in [6, 6.07) is 10.3. The number of amides is 2. The highest BCUT2D eigenvalue weighted by Gasteiger charge is 2.17. The first-order valence-corrected chi connectivity index (χ1v) is 10.8. The van der Waals surface area contributed by atoms with Gasteiger partial charge in [-0.2, -0.15) is 5.10 Å². The van der Waals surface area contributed by atoms with Crippen LogP contribution in [0.5, 0.6) is 5.75 Å². The normalized spacial score (nSPS) is 11.6. The smallest absolute Gasteiger partial charge is 0.281 e. The van der Waals surface area contributed by atoms with E-state index in [0.29, 0.717) is 30.9 Å². The van der Waals surface area contributed by atoms with E-state index in [-0.39, 0.29) is 11.7 Å². The van der Waals surface area contributed by atoms with E-state index < -0.39 is 5.91 Å². The van der Waals surface area contributed by atoms with E-state index in [1.807, 2.05) is 12.1 Å². The van der Waals surface area contributed by atoms with E-state index in [9.17, 15) is 14.7 Å². The number of hydrogen-bond acceptors (Lipinski definition) is 7. The molecule has 0 fully saturated rings. The summed E-state index contributed by atoms with van der Waals surface area (Å²) in [7, 11) is 3.41. The van der Waals surface area contributed by atoms with Gasteiger partial charge < -0.3 is 5.11 Å². The number of nitrogens with zero attached hydrogens (tertiary/aromatic N) is 2. The molecule has 0 unspecified atom stereocenters. The number of aromatic hydroxyl groups is 1. The Morgan fingerprint density at radius 1 is 1.13 bits per heavy atom. The summed E-state index contributed by atoms with van der Waals surface area (Å²) in [6.45, 7) is 1.69. The van der Waals surface area contributed by atoms with Crippen molar-refractivity contribution in [3.8, 4) is 16.2 Å². The van der Waals surface area contributed by atoms with Crippen LogP contribution in [0.4, 0.5) is 0 Å². The molecule has 0 bridgehead atoms. The van der Waals surface area contributed by atoms with E-state index in [4.69, 9.17) is 11.6 Å². The van der Waals surface area contributed by atoms with Crippen molar-refractivity contribution in [1.82, 2.24) is 15.9 Å². The Labute approximate surface area is 186 Å². The lowest BCUT2D eigenvalue weighted by Gasteiger charge is -2.09. The van der Waals surface area contributed by atoms with Crippen molar-refractivity contribution in [1.29, 1.82) is 0 Å². The molecule has 2 aromatic heterocycles. The number of hydrazine groups is 1. The highest BCUT2D eigenvalue weighted by molar-refractivity contribution is 7.16. The minimum absolute atomic E-state index is 0.0801. The summed E-state index contributed by atoms with van der Waals surface area (Å²) in [4.78, 5) is 25.8. The quantitative estimate of drug-likeness (QED) is 0.378. The highest BCUT2D eigenvalue weighted by Crippen LogP contribution is 2.39. The molecule has 156 valence electrons. The molecule has 2 heterocycles. The van der Waals surface area contributed by atoms with Gasteiger partial charge in [-0.3, -0.25) is 15.0 Å². The van der Waals surface area contributed by atoms with Crippen LogP contribution >= 0.6 is 34.3 Å². The molecule has 3 rings (SSSR count). The van der Waals surface area contributed by atoms with Gasteiger partial charge in [0.1, 0.15) is 5.75 Å². The van der Waals surface area contributed by atoms with Crippen LogP contribution in [0, 0.1) is 0 Å². The van der Waals surface area contributed by atoms with Crippen molar-refractivity contribution in [3.05, 3.63) is 62.1 Å². The fraction of sp³-hybridized carbons (Fsp3) is 0.150. The molecule has 0 spiro atoms. The number of nitrogens with one attached hydrogen (secondary N) is 2. The zero-order valence-electron chi connectivity index (χ0n) is 16.4. The second-order valence-corrected chi connectivity index (χ2v) is 8.87. The molecular weight excluding hydrogens is 444 g/mol. The Kier molecular flexibility index (Phi) is 6.88. The van der Waals surface area contributed by atoms with Crippen LogP contribution in [-0.2, 0) is 0 Å². The summed E-state index contributed by atoms with van der Waals surface area (Å²) >= 11 is 8.45. The largest absolute Gasteiger partial charge is 0.506 e. The first-order chi connectivity index (χ1) is 14.3. The van der Waals surface area contributed by atoms with E-state index in [2.05, 4.69) is 16.0 Å². The second kappa shape index (κ2) is 9.40. The Bertz CT molecular complexity index is 1120. The van der Waals surface area contributed by atoms with E-state index >= 15 is 0 Å². The predicted molar refractivity (Wildman–Crippen MR) is 122 cm³/mol. The van der Waals surface area contributed by atoms with Crippen molar-refractivity contribution < 1.29 is 14.7 Å². The Morgan fingerprint density at radius 2 is 1.83 bits per heavy atom. The molecule has 2 amide bonds. The van der Waals surface area contributed by atoms with Crippen LogP contribution in [-0.4, -0.2) is 41.7 Å². The highest BCUT2D eigenvalue weighted by atomic mass is 35.5. The number of thiophene rings is 2. The second-order valence-electron chi connectivity index (χ2n) is 6.47. The van der Waals surface area contributed by atoms with Crippen molar-refractivity contribution in [2.24, 2.45) is 5.10 Å². The zero-order chi connectivity index (χ0) is 21.8. The summed E-state index contributed by atoms with van der Waals surface area (Å²) in [5.74, 6) is -0.648. The third-order valence-electron chi connectivity index (χ3n) is 3.95. The molecule has 0 aliphatic rings. The average molecular weight is 463 g/mol. The topological polar surface area (TPSA) is 94.0 Å². The van der Waals surface area contributed by atoms with Crippen molar-refractivity contribution in [3.63, 3.8) is 0 Å². The maximum absolute atomic E-state index is 12.4. The van der Waals surface area contributed by atoms with Gasteiger partial charge in [-0.1, -0.05) is 23.7 Å². The first-order valence-electron chi connectivity index (χ1n) is 8.75. The minimum atomic E-state index is -0.437. The van der Waals surface area contributed by atoms with Gasteiger partial charge in [0.05, 0.1) is 25.9 Å². The molecular formula is C20H19ClN4O3S2. The van der Waals surface area contributed by atoms with Gasteiger partial charge in [0.25, 0.3) is 11.8 Å². The number of hydrazone groups is 1. The fourth-order valence-corrected chi connectivity index (χ4v) is 4.51. The molecule has 3 aromatic rings. The van der Waals surface area contributed by atoms with Crippen molar-refractivity contribution in [2.75, 3.05) is 14.1 Å². The van der Waals surface area contributed by atoms with E-state index in [1.165, 1.54) is 16.3 Å². The lowest BCUT2D eigenvalue weighted by molar-refractivity contribution is 0.0861. The van der Waals surface area contributed by atoms with Crippen molar-refractivity contribution >= 4 is 51.8 Å². The van der Waals surface area contributed by atoms with Crippen LogP contribution in [0.15, 0.2) is 46.9 Å². The van der Waals surface area contributed by atoms with Crippen LogP contribution in [0.1, 0.15) is 31.8 Å². The predicted octanol–water partition coefficient (Wildman–Crippen LogP) is 4.20. The van der Waals surface area contributed by atoms with Gasteiger partial charge >= 0.3 is 0 Å². The van der Waals surface area contributed by atoms with Crippen LogP contribution in [0.25, 0.3) is 10.4 Å². The van der Waals surface area contributed by atoms with Crippen LogP contribution in [0.3, 0.4) is 0 Å². The summed E-state index contributed by atoms with van der Waals surface area (Å²) in [5.41, 5.74) is 6.86. The number of halogens is 1. The Balaban J connectivity index is 1.72. The standard InChI is InChI=1S/C20H19ClN4O3S2/c1-11(14-10-29-18(17(14)26)12-5-4-6-13(21)9-12)22-23-19(27)15-7-8-16(30-15)20(28)24-25(2)3/h4-10,26H,1-3H3,(H,23,27)(H,24,28)/b22-11+. The summed E-state index contributed by atoms with van der Waals surface area (Å²) < 4.78 is 0. The first kappa shape index (κ1) is 22.0. The van der Waals surface area contributed by atoms with Crippen LogP contribution in [0.2, 0.25) is 5.02 Å². The van der Waals surface area contributed by atoms with Gasteiger partial charge in [-0.05, 0) is 36.8 Å². The molecule has 3 N–H and O–H groups in total. The number of hydrogen-bond donors (Lipinski definition) is 3. The molecule has 7 nitrogen and oxygen atoms in total. The molecule has 0 aliphatic heterocycles. The molecule has 30 heavy (non-hydrogen) atoms. The molecule has 0 atom stereocenters. The molecule has 0 aliphatic carbocycles. The number of carbonyl (C=O) groups excluding carboxylic acids is 2. The molecule has 1 aromatic carbocycles.